The molecule has 59 heavy (non-hydrogen) atoms. The molecule has 0 aliphatic carbocycles. The van der Waals surface area contributed by atoms with Crippen molar-refractivity contribution in [1.82, 2.24) is 0 Å². The van der Waals surface area contributed by atoms with Crippen molar-refractivity contribution in [3.05, 3.63) is 202 Å². The molecule has 11 rings (SSSR count). The molecular weight excluding hydrogens is 749 g/mol. The summed E-state index contributed by atoms with van der Waals surface area (Å²) in [4.78, 5) is 22.2. The first-order chi connectivity index (χ1) is 28.9. The molecule has 11 aromatic rings. The van der Waals surface area contributed by atoms with Crippen LogP contribution in [0.5, 0.6) is 0 Å². The standard InChI is InChI=1S/C52H30N2O4S/c55-53(56)35-23-17-31(18-24-35)49-39-9-1-5-13-43(39)51(44-14-6-2-10-40(44)49)33-21-27-37-38-28-22-34(30-48(38)59-47(37)29-33)52-45-15-7-3-11-41(45)50(42-12-4-8-16-46(42)52)32-19-25-36(26-20-32)54(57)58/h1-30H. The van der Waals surface area contributed by atoms with Gasteiger partial charge in [-0.3, -0.25) is 20.2 Å². The minimum Gasteiger partial charge on any atom is -0.258 e. The van der Waals surface area contributed by atoms with Gasteiger partial charge in [-0.25, -0.2) is 0 Å². The molecule has 6 nitrogen and oxygen atoms in total. The van der Waals surface area contributed by atoms with Gasteiger partial charge in [0.05, 0.1) is 9.85 Å². The van der Waals surface area contributed by atoms with E-state index in [9.17, 15) is 20.2 Å². The van der Waals surface area contributed by atoms with Crippen molar-refractivity contribution in [2.24, 2.45) is 0 Å². The third-order valence-corrected chi connectivity index (χ3v) is 12.8. The van der Waals surface area contributed by atoms with Crippen molar-refractivity contribution in [2.45, 2.75) is 0 Å². The Labute approximate surface area is 341 Å². The Morgan fingerprint density at radius 2 is 0.559 bits per heavy atom. The fourth-order valence-corrected chi connectivity index (χ4v) is 10.3. The summed E-state index contributed by atoms with van der Waals surface area (Å²) in [5.41, 5.74) is 8.72. The molecule has 278 valence electrons. The van der Waals surface area contributed by atoms with E-state index in [1.807, 2.05) is 24.3 Å². The molecule has 0 saturated carbocycles. The molecule has 0 unspecified atom stereocenters. The first kappa shape index (κ1) is 34.5. The molecule has 0 saturated heterocycles. The largest absolute Gasteiger partial charge is 0.269 e. The van der Waals surface area contributed by atoms with Crippen LogP contribution in [0.4, 0.5) is 11.4 Å². The van der Waals surface area contributed by atoms with E-state index in [1.54, 1.807) is 35.6 Å². The molecule has 0 bridgehead atoms. The van der Waals surface area contributed by atoms with Crippen LogP contribution < -0.4 is 0 Å². The van der Waals surface area contributed by atoms with Crippen LogP contribution >= 0.6 is 11.3 Å². The number of hydrogen-bond acceptors (Lipinski definition) is 5. The summed E-state index contributed by atoms with van der Waals surface area (Å²) in [7, 11) is 0. The molecule has 7 heteroatoms. The molecule has 0 spiro atoms. The predicted octanol–water partition coefficient (Wildman–Crippen LogP) is 15.2. The molecule has 1 heterocycles. The first-order valence-electron chi connectivity index (χ1n) is 19.3. The number of benzene rings is 10. The summed E-state index contributed by atoms with van der Waals surface area (Å²) in [5, 5.41) is 34.2. The Morgan fingerprint density at radius 1 is 0.305 bits per heavy atom. The Morgan fingerprint density at radius 3 is 0.831 bits per heavy atom. The van der Waals surface area contributed by atoms with Crippen LogP contribution in [-0.4, -0.2) is 9.85 Å². The van der Waals surface area contributed by atoms with Crippen molar-refractivity contribution in [3.8, 4) is 44.5 Å². The van der Waals surface area contributed by atoms with E-state index in [-0.39, 0.29) is 21.2 Å². The average Bonchev–Trinajstić information content (AvgIpc) is 3.64. The van der Waals surface area contributed by atoms with Gasteiger partial charge < -0.3 is 0 Å². The summed E-state index contributed by atoms with van der Waals surface area (Å²) in [6, 6.07) is 61.1. The highest BCUT2D eigenvalue weighted by Gasteiger charge is 2.20. The summed E-state index contributed by atoms with van der Waals surface area (Å²) < 4.78 is 2.40. The molecule has 0 aliphatic heterocycles. The second-order valence-electron chi connectivity index (χ2n) is 14.8. The monoisotopic (exact) mass is 778 g/mol. The van der Waals surface area contributed by atoms with Gasteiger partial charge in [0.1, 0.15) is 0 Å². The van der Waals surface area contributed by atoms with E-state index in [0.717, 1.165) is 87.6 Å². The number of rotatable bonds is 6. The molecule has 0 radical (unpaired) electrons. The molecule has 0 atom stereocenters. The van der Waals surface area contributed by atoms with Gasteiger partial charge in [0.2, 0.25) is 0 Å². The quantitative estimate of drug-likeness (QED) is 0.0955. The van der Waals surface area contributed by atoms with E-state index < -0.39 is 0 Å². The van der Waals surface area contributed by atoms with Gasteiger partial charge in [-0.15, -0.1) is 11.3 Å². The summed E-state index contributed by atoms with van der Waals surface area (Å²) in [6.07, 6.45) is 0. The third kappa shape index (κ3) is 5.47. The topological polar surface area (TPSA) is 86.3 Å². The molecular formula is C52H30N2O4S. The van der Waals surface area contributed by atoms with E-state index in [2.05, 4.69) is 133 Å². The lowest BCUT2D eigenvalue weighted by Crippen LogP contribution is -1.91. The average molecular weight is 779 g/mol. The maximum Gasteiger partial charge on any atom is 0.269 e. The van der Waals surface area contributed by atoms with Crippen molar-refractivity contribution in [2.75, 3.05) is 0 Å². The molecule has 0 fully saturated rings. The SMILES string of the molecule is O=[N+]([O-])c1ccc(-c2c3ccccc3c(-c3ccc4c(c3)sc3cc(-c5c6ccccc6c(-c6ccc([N+](=O)[O-])cc6)c6ccccc56)ccc34)c3ccccc23)cc1. The zero-order chi connectivity index (χ0) is 39.8. The van der Waals surface area contributed by atoms with Crippen LogP contribution in [0.3, 0.4) is 0 Å². The molecule has 1 aromatic heterocycles. The minimum absolute atomic E-state index is 0.0713. The third-order valence-electron chi connectivity index (χ3n) is 11.6. The maximum atomic E-state index is 11.5. The van der Waals surface area contributed by atoms with Crippen LogP contribution in [0.25, 0.3) is 108 Å². The highest BCUT2D eigenvalue weighted by atomic mass is 32.1. The lowest BCUT2D eigenvalue weighted by molar-refractivity contribution is -0.385. The Balaban J connectivity index is 1.08. The van der Waals surface area contributed by atoms with E-state index >= 15 is 0 Å². The van der Waals surface area contributed by atoms with Crippen molar-refractivity contribution < 1.29 is 9.85 Å². The number of nitro benzene ring substituents is 2. The molecule has 0 N–H and O–H groups in total. The van der Waals surface area contributed by atoms with Crippen molar-refractivity contribution in [1.29, 1.82) is 0 Å². The Kier molecular flexibility index (Phi) is 7.86. The van der Waals surface area contributed by atoms with Gasteiger partial charge in [0, 0.05) is 44.4 Å². The predicted molar refractivity (Wildman–Crippen MR) is 244 cm³/mol. The van der Waals surface area contributed by atoms with E-state index in [4.69, 9.17) is 0 Å². The number of hydrogen-bond donors (Lipinski definition) is 0. The van der Waals surface area contributed by atoms with Crippen molar-refractivity contribution >= 4 is 86.0 Å². The maximum absolute atomic E-state index is 11.5. The summed E-state index contributed by atoms with van der Waals surface area (Å²) >= 11 is 1.80. The van der Waals surface area contributed by atoms with Crippen LogP contribution in [0.1, 0.15) is 0 Å². The number of fused-ring (bicyclic) bond motifs is 7. The van der Waals surface area contributed by atoms with Crippen LogP contribution in [0, 0.1) is 20.2 Å². The number of nitrogens with zero attached hydrogens (tertiary/aromatic N) is 2. The molecule has 0 aliphatic rings. The van der Waals surface area contributed by atoms with Gasteiger partial charge >= 0.3 is 0 Å². The highest BCUT2D eigenvalue weighted by Crippen LogP contribution is 2.48. The first-order valence-corrected chi connectivity index (χ1v) is 20.1. The van der Waals surface area contributed by atoms with Crippen LogP contribution in [-0.2, 0) is 0 Å². The number of non-ortho nitro benzene ring substituents is 2. The van der Waals surface area contributed by atoms with Gasteiger partial charge in [-0.1, -0.05) is 121 Å². The van der Waals surface area contributed by atoms with Crippen LogP contribution in [0.2, 0.25) is 0 Å². The summed E-state index contributed by atoms with van der Waals surface area (Å²) in [5.74, 6) is 0. The fourth-order valence-electron chi connectivity index (χ4n) is 9.09. The Hall–Kier alpha value is -7.74. The van der Waals surface area contributed by atoms with Crippen molar-refractivity contribution in [3.63, 3.8) is 0 Å². The van der Waals surface area contributed by atoms with Crippen LogP contribution in [0.15, 0.2) is 182 Å². The van der Waals surface area contributed by atoms with Gasteiger partial charge in [-0.05, 0) is 124 Å². The van der Waals surface area contributed by atoms with E-state index in [0.29, 0.717) is 0 Å². The second kappa shape index (κ2) is 13.4. The molecule has 0 amide bonds. The number of thiophene rings is 1. The van der Waals surface area contributed by atoms with E-state index in [1.165, 1.54) is 20.2 Å². The highest BCUT2D eigenvalue weighted by molar-refractivity contribution is 7.25. The zero-order valence-electron chi connectivity index (χ0n) is 31.3. The lowest BCUT2D eigenvalue weighted by Gasteiger charge is -2.17. The Bertz CT molecular complexity index is 3210. The zero-order valence-corrected chi connectivity index (χ0v) is 32.1. The van der Waals surface area contributed by atoms with Gasteiger partial charge in [0.15, 0.2) is 0 Å². The lowest BCUT2D eigenvalue weighted by atomic mass is 9.85. The molecule has 10 aromatic carbocycles. The smallest absolute Gasteiger partial charge is 0.258 e. The minimum atomic E-state index is -0.360. The fraction of sp³-hybridized carbons (Fsp3) is 0. The number of nitro groups is 2. The summed E-state index contributed by atoms with van der Waals surface area (Å²) in [6.45, 7) is 0. The van der Waals surface area contributed by atoms with Gasteiger partial charge in [-0.2, -0.15) is 0 Å². The second-order valence-corrected chi connectivity index (χ2v) is 15.9. The van der Waals surface area contributed by atoms with Gasteiger partial charge in [0.25, 0.3) is 11.4 Å². The normalized spacial score (nSPS) is 11.7.